The monoisotopic (exact) mass is 268 g/mol. The molecule has 1 aliphatic heterocycles. The second-order valence-corrected chi connectivity index (χ2v) is 7.05. The van der Waals surface area contributed by atoms with Gasteiger partial charge in [0.2, 0.25) is 0 Å². The van der Waals surface area contributed by atoms with Gasteiger partial charge in [0, 0.05) is 24.7 Å². The number of hydrogen-bond donors (Lipinski definition) is 1. The Hall–Kier alpha value is -0.120. The molecule has 3 nitrogen and oxygen atoms in total. The first-order valence-electron chi connectivity index (χ1n) is 8.05. The number of nitrogens with one attached hydrogen (secondary N) is 1. The Morgan fingerprint density at radius 1 is 1.21 bits per heavy atom. The first-order chi connectivity index (χ1) is 9.05. The Morgan fingerprint density at radius 2 is 1.89 bits per heavy atom. The molecule has 0 aromatic carbocycles. The van der Waals surface area contributed by atoms with Crippen molar-refractivity contribution in [1.29, 1.82) is 0 Å². The number of ether oxygens (including phenoxy) is 1. The number of nitrogens with zero attached hydrogens (tertiary/aromatic N) is 1. The summed E-state index contributed by atoms with van der Waals surface area (Å²) >= 11 is 0. The molecule has 3 unspecified atom stereocenters. The minimum atomic E-state index is 0.222. The van der Waals surface area contributed by atoms with Crippen molar-refractivity contribution in [3.8, 4) is 0 Å². The molecule has 1 saturated heterocycles. The molecule has 0 aromatic heterocycles. The lowest BCUT2D eigenvalue weighted by Gasteiger charge is -2.49. The molecule has 3 heteroatoms. The van der Waals surface area contributed by atoms with Crippen LogP contribution < -0.4 is 5.32 Å². The van der Waals surface area contributed by atoms with Crippen molar-refractivity contribution >= 4 is 0 Å². The summed E-state index contributed by atoms with van der Waals surface area (Å²) in [6, 6.07) is 0.591. The highest BCUT2D eigenvalue weighted by atomic mass is 16.5. The summed E-state index contributed by atoms with van der Waals surface area (Å²) in [6.07, 6.45) is 5.61. The predicted molar refractivity (Wildman–Crippen MR) is 80.4 cm³/mol. The van der Waals surface area contributed by atoms with Crippen LogP contribution in [-0.2, 0) is 4.74 Å². The van der Waals surface area contributed by atoms with E-state index in [1.807, 2.05) is 0 Å². The highest BCUT2D eigenvalue weighted by Crippen LogP contribution is 2.36. The van der Waals surface area contributed by atoms with Crippen LogP contribution in [0.15, 0.2) is 0 Å². The molecule has 19 heavy (non-hydrogen) atoms. The first-order valence-corrected chi connectivity index (χ1v) is 8.05. The third kappa shape index (κ3) is 3.50. The maximum atomic E-state index is 5.51. The molecule has 112 valence electrons. The SMILES string of the molecule is CNC(C1CCCC(C)C1)C(C)(C)N1CCOCC1. The zero-order valence-electron chi connectivity index (χ0n) is 13.2. The van der Waals surface area contributed by atoms with Crippen molar-refractivity contribution in [1.82, 2.24) is 10.2 Å². The highest BCUT2D eigenvalue weighted by Gasteiger charge is 2.40. The van der Waals surface area contributed by atoms with Gasteiger partial charge >= 0.3 is 0 Å². The fraction of sp³-hybridized carbons (Fsp3) is 1.00. The van der Waals surface area contributed by atoms with Crippen LogP contribution in [0.1, 0.15) is 46.5 Å². The number of likely N-dealkylation sites (N-methyl/N-ethyl adjacent to an activating group) is 1. The minimum Gasteiger partial charge on any atom is -0.379 e. The van der Waals surface area contributed by atoms with E-state index in [-0.39, 0.29) is 5.54 Å². The molecule has 0 spiro atoms. The van der Waals surface area contributed by atoms with Crippen molar-refractivity contribution in [2.45, 2.75) is 58.0 Å². The van der Waals surface area contributed by atoms with E-state index in [4.69, 9.17) is 4.74 Å². The number of rotatable bonds is 4. The van der Waals surface area contributed by atoms with Crippen LogP contribution in [-0.4, -0.2) is 49.8 Å². The van der Waals surface area contributed by atoms with Crippen molar-refractivity contribution in [3.63, 3.8) is 0 Å². The Morgan fingerprint density at radius 3 is 2.47 bits per heavy atom. The molecule has 0 radical (unpaired) electrons. The normalized spacial score (nSPS) is 32.2. The van der Waals surface area contributed by atoms with E-state index in [0.29, 0.717) is 6.04 Å². The van der Waals surface area contributed by atoms with E-state index in [2.05, 4.69) is 38.0 Å². The van der Waals surface area contributed by atoms with Crippen molar-refractivity contribution in [2.75, 3.05) is 33.4 Å². The number of hydrogen-bond acceptors (Lipinski definition) is 3. The topological polar surface area (TPSA) is 24.5 Å². The predicted octanol–water partition coefficient (Wildman–Crippen LogP) is 2.51. The average Bonchev–Trinajstić information content (AvgIpc) is 2.40. The first kappa shape index (κ1) is 15.3. The maximum Gasteiger partial charge on any atom is 0.0594 e. The summed E-state index contributed by atoms with van der Waals surface area (Å²) in [6.45, 7) is 11.2. The van der Waals surface area contributed by atoms with Crippen molar-refractivity contribution in [3.05, 3.63) is 0 Å². The third-order valence-corrected chi connectivity index (χ3v) is 5.35. The van der Waals surface area contributed by atoms with E-state index >= 15 is 0 Å². The zero-order chi connectivity index (χ0) is 13.9. The second kappa shape index (κ2) is 6.55. The Bertz CT molecular complexity index is 274. The lowest BCUT2D eigenvalue weighted by molar-refractivity contribution is -0.0345. The molecule has 2 fully saturated rings. The van der Waals surface area contributed by atoms with Gasteiger partial charge in [0.15, 0.2) is 0 Å². The average molecular weight is 268 g/mol. The molecule has 1 N–H and O–H groups in total. The standard InChI is InChI=1S/C16H32N2O/c1-13-6-5-7-14(12-13)15(17-4)16(2,3)18-8-10-19-11-9-18/h13-15,17H,5-12H2,1-4H3. The van der Waals surface area contributed by atoms with E-state index < -0.39 is 0 Å². The van der Waals surface area contributed by atoms with Crippen LogP contribution in [0.4, 0.5) is 0 Å². The Labute approximate surface area is 119 Å². The van der Waals surface area contributed by atoms with Gasteiger partial charge < -0.3 is 10.1 Å². The van der Waals surface area contributed by atoms with Gasteiger partial charge in [0.25, 0.3) is 0 Å². The van der Waals surface area contributed by atoms with Gasteiger partial charge in [-0.1, -0.05) is 19.8 Å². The van der Waals surface area contributed by atoms with Crippen molar-refractivity contribution < 1.29 is 4.74 Å². The Kier molecular flexibility index (Phi) is 5.27. The van der Waals surface area contributed by atoms with Crippen LogP contribution in [0.3, 0.4) is 0 Å². The molecule has 3 atom stereocenters. The van der Waals surface area contributed by atoms with Crippen LogP contribution in [0.5, 0.6) is 0 Å². The smallest absolute Gasteiger partial charge is 0.0594 e. The number of morpholine rings is 1. The fourth-order valence-corrected chi connectivity index (χ4v) is 4.29. The molecular weight excluding hydrogens is 236 g/mol. The summed E-state index contributed by atoms with van der Waals surface area (Å²) in [5.74, 6) is 1.72. The molecule has 2 aliphatic rings. The van der Waals surface area contributed by atoms with Crippen molar-refractivity contribution in [2.24, 2.45) is 11.8 Å². The summed E-state index contributed by atoms with van der Waals surface area (Å²) in [7, 11) is 2.14. The molecule has 2 rings (SSSR count). The summed E-state index contributed by atoms with van der Waals surface area (Å²) in [4.78, 5) is 2.62. The maximum absolute atomic E-state index is 5.51. The molecule has 0 amide bonds. The fourth-order valence-electron chi connectivity index (χ4n) is 4.29. The van der Waals surface area contributed by atoms with Gasteiger partial charge in [0.1, 0.15) is 0 Å². The molecule has 1 saturated carbocycles. The van der Waals surface area contributed by atoms with Crippen LogP contribution in [0.2, 0.25) is 0 Å². The van der Waals surface area contributed by atoms with E-state index in [9.17, 15) is 0 Å². The lowest BCUT2D eigenvalue weighted by Crippen LogP contribution is -2.62. The zero-order valence-corrected chi connectivity index (χ0v) is 13.2. The van der Waals surface area contributed by atoms with Gasteiger partial charge in [0.05, 0.1) is 13.2 Å². The molecule has 1 heterocycles. The van der Waals surface area contributed by atoms with Gasteiger partial charge in [-0.25, -0.2) is 0 Å². The van der Waals surface area contributed by atoms with Crippen LogP contribution in [0.25, 0.3) is 0 Å². The van der Waals surface area contributed by atoms with Crippen LogP contribution in [0, 0.1) is 11.8 Å². The largest absolute Gasteiger partial charge is 0.379 e. The van der Waals surface area contributed by atoms with Gasteiger partial charge in [-0.15, -0.1) is 0 Å². The van der Waals surface area contributed by atoms with Gasteiger partial charge in [-0.2, -0.15) is 0 Å². The summed E-state index contributed by atoms with van der Waals surface area (Å²) in [5.41, 5.74) is 0.222. The van der Waals surface area contributed by atoms with E-state index in [0.717, 1.165) is 38.1 Å². The quantitative estimate of drug-likeness (QED) is 0.848. The minimum absolute atomic E-state index is 0.222. The third-order valence-electron chi connectivity index (χ3n) is 5.35. The van der Waals surface area contributed by atoms with E-state index in [1.165, 1.54) is 25.7 Å². The second-order valence-electron chi connectivity index (χ2n) is 7.05. The molecule has 0 aromatic rings. The lowest BCUT2D eigenvalue weighted by atomic mass is 9.72. The van der Waals surface area contributed by atoms with Crippen LogP contribution >= 0.6 is 0 Å². The van der Waals surface area contributed by atoms with E-state index in [1.54, 1.807) is 0 Å². The molecule has 0 bridgehead atoms. The van der Waals surface area contributed by atoms with Gasteiger partial charge in [-0.3, -0.25) is 4.90 Å². The summed E-state index contributed by atoms with van der Waals surface area (Å²) < 4.78 is 5.51. The Balaban J connectivity index is 2.05. The summed E-state index contributed by atoms with van der Waals surface area (Å²) in [5, 5.41) is 3.65. The molecular formula is C16H32N2O. The van der Waals surface area contributed by atoms with Gasteiger partial charge in [-0.05, 0) is 45.6 Å². The highest BCUT2D eigenvalue weighted by molar-refractivity contribution is 4.98. The molecule has 1 aliphatic carbocycles.